The first-order chi connectivity index (χ1) is 11.0. The number of benzene rings is 1. The summed E-state index contributed by atoms with van der Waals surface area (Å²) in [6.07, 6.45) is -2.11. The molecule has 0 spiro atoms. The number of aromatic amines is 1. The number of azide groups is 1. The van der Waals surface area contributed by atoms with Gasteiger partial charge in [0, 0.05) is 11.3 Å². The Balaban J connectivity index is 2.09. The zero-order valence-electron chi connectivity index (χ0n) is 12.3. The fraction of sp³-hybridized carbons (Fsp3) is 0.429. The van der Waals surface area contributed by atoms with Crippen molar-refractivity contribution in [1.29, 1.82) is 0 Å². The summed E-state index contributed by atoms with van der Waals surface area (Å²) in [5, 5.41) is 13.8. The van der Waals surface area contributed by atoms with E-state index in [-0.39, 0.29) is 13.0 Å². The molecule has 1 aromatic heterocycles. The fourth-order valence-corrected chi connectivity index (χ4v) is 2.82. The molecule has 2 N–H and O–H groups in total. The van der Waals surface area contributed by atoms with Gasteiger partial charge in [-0.25, -0.2) is 4.79 Å². The van der Waals surface area contributed by atoms with E-state index in [0.29, 0.717) is 10.9 Å². The summed E-state index contributed by atoms with van der Waals surface area (Å²) < 4.78 is 6.96. The maximum absolute atomic E-state index is 12.2. The van der Waals surface area contributed by atoms with E-state index in [1.54, 1.807) is 18.2 Å². The molecule has 0 bridgehead atoms. The molecular weight excluding hydrogens is 302 g/mol. The molecule has 2 aromatic rings. The van der Waals surface area contributed by atoms with Crippen LogP contribution in [0.5, 0.6) is 0 Å². The van der Waals surface area contributed by atoms with Crippen molar-refractivity contribution in [3.63, 3.8) is 0 Å². The van der Waals surface area contributed by atoms with Crippen LogP contribution >= 0.6 is 0 Å². The summed E-state index contributed by atoms with van der Waals surface area (Å²) >= 11 is 0. The van der Waals surface area contributed by atoms with Crippen LogP contribution in [0.4, 0.5) is 0 Å². The number of aliphatic hydroxyl groups excluding tert-OH is 1. The first-order valence-electron chi connectivity index (χ1n) is 7.11. The molecule has 0 saturated carbocycles. The van der Waals surface area contributed by atoms with E-state index < -0.39 is 29.7 Å². The van der Waals surface area contributed by atoms with Gasteiger partial charge in [-0.05, 0) is 24.6 Å². The van der Waals surface area contributed by atoms with Crippen LogP contribution in [0, 0.1) is 6.92 Å². The maximum atomic E-state index is 12.2. The zero-order valence-corrected chi connectivity index (χ0v) is 12.3. The molecule has 2 heterocycles. The largest absolute Gasteiger partial charge is 0.390 e. The lowest BCUT2D eigenvalue weighted by Gasteiger charge is -2.17. The van der Waals surface area contributed by atoms with Gasteiger partial charge >= 0.3 is 5.69 Å². The van der Waals surface area contributed by atoms with Gasteiger partial charge in [-0.3, -0.25) is 14.3 Å². The van der Waals surface area contributed by atoms with Crippen LogP contribution in [0.15, 0.2) is 32.9 Å². The molecule has 3 rings (SSSR count). The van der Waals surface area contributed by atoms with Gasteiger partial charge in [-0.15, -0.1) is 0 Å². The highest BCUT2D eigenvalue weighted by molar-refractivity contribution is 5.78. The van der Waals surface area contributed by atoms with Crippen molar-refractivity contribution < 1.29 is 9.84 Å². The van der Waals surface area contributed by atoms with Crippen molar-refractivity contribution >= 4 is 10.9 Å². The highest BCUT2D eigenvalue weighted by Gasteiger charge is 2.35. The van der Waals surface area contributed by atoms with E-state index in [9.17, 15) is 14.7 Å². The minimum atomic E-state index is -0.857. The summed E-state index contributed by atoms with van der Waals surface area (Å²) in [4.78, 5) is 29.1. The van der Waals surface area contributed by atoms with E-state index in [1.165, 1.54) is 4.57 Å². The number of aromatic nitrogens is 2. The molecule has 1 fully saturated rings. The lowest BCUT2D eigenvalue weighted by Crippen LogP contribution is -2.33. The van der Waals surface area contributed by atoms with E-state index in [4.69, 9.17) is 10.3 Å². The summed E-state index contributed by atoms with van der Waals surface area (Å²) in [6.45, 7) is 1.82. The molecule has 0 amide bonds. The lowest BCUT2D eigenvalue weighted by molar-refractivity contribution is -0.0130. The Kier molecular flexibility index (Phi) is 3.91. The molecule has 9 heteroatoms. The summed E-state index contributed by atoms with van der Waals surface area (Å²) in [5.41, 5.74) is 8.62. The van der Waals surface area contributed by atoms with Gasteiger partial charge < -0.3 is 9.84 Å². The number of aryl methyl sites for hydroxylation is 1. The van der Waals surface area contributed by atoms with Crippen molar-refractivity contribution in [3.05, 3.63) is 55.0 Å². The SMILES string of the molecule is Cc1ccc2c(c1)c(=O)[nH]c(=O)n2[C@H]1C[C@H](O)[C@@H](CN=[N+]=[N-])O1. The monoisotopic (exact) mass is 317 g/mol. The summed E-state index contributed by atoms with van der Waals surface area (Å²) in [5.74, 6) is 0. The molecule has 1 saturated heterocycles. The molecule has 3 atom stereocenters. The minimum absolute atomic E-state index is 0.0245. The van der Waals surface area contributed by atoms with Crippen LogP contribution in [0.25, 0.3) is 21.3 Å². The number of nitrogens with one attached hydrogen (secondary N) is 1. The lowest BCUT2D eigenvalue weighted by atomic mass is 10.1. The van der Waals surface area contributed by atoms with Crippen molar-refractivity contribution in [1.82, 2.24) is 9.55 Å². The Morgan fingerprint density at radius 1 is 1.52 bits per heavy atom. The van der Waals surface area contributed by atoms with E-state index in [0.717, 1.165) is 5.56 Å². The Bertz CT molecular complexity index is 912. The zero-order chi connectivity index (χ0) is 16.6. The number of rotatable bonds is 3. The van der Waals surface area contributed by atoms with Gasteiger partial charge in [-0.2, -0.15) is 0 Å². The van der Waals surface area contributed by atoms with Gasteiger partial charge in [0.15, 0.2) is 0 Å². The third-order valence-corrected chi connectivity index (χ3v) is 3.91. The fourth-order valence-electron chi connectivity index (χ4n) is 2.82. The van der Waals surface area contributed by atoms with E-state index in [2.05, 4.69) is 15.0 Å². The van der Waals surface area contributed by atoms with Crippen molar-refractivity contribution in [3.8, 4) is 0 Å². The number of hydrogen-bond acceptors (Lipinski definition) is 5. The third-order valence-electron chi connectivity index (χ3n) is 3.91. The van der Waals surface area contributed by atoms with Gasteiger partial charge in [0.1, 0.15) is 6.23 Å². The Morgan fingerprint density at radius 3 is 3.04 bits per heavy atom. The first-order valence-corrected chi connectivity index (χ1v) is 7.11. The van der Waals surface area contributed by atoms with E-state index in [1.807, 2.05) is 6.92 Å². The predicted octanol–water partition coefficient (Wildman–Crippen LogP) is 0.957. The quantitative estimate of drug-likeness (QED) is 0.495. The number of H-pyrrole nitrogens is 1. The molecule has 9 nitrogen and oxygen atoms in total. The molecule has 0 aliphatic carbocycles. The molecule has 1 aliphatic heterocycles. The van der Waals surface area contributed by atoms with Gasteiger partial charge in [-0.1, -0.05) is 16.7 Å². The standard InChI is InChI=1S/C14H15N5O4/c1-7-2-3-9-8(4-7)13(21)17-14(22)19(9)12-5-10(20)11(23-12)6-16-18-15/h2-4,10-12,20H,5-6H2,1H3,(H,17,21,22)/t10-,11+,12+/m0/s1. The van der Waals surface area contributed by atoms with Crippen LogP contribution in [-0.4, -0.2) is 33.4 Å². The van der Waals surface area contributed by atoms with Crippen molar-refractivity contribution in [2.45, 2.75) is 31.8 Å². The molecule has 0 radical (unpaired) electrons. The summed E-state index contributed by atoms with van der Waals surface area (Å²) in [7, 11) is 0. The van der Waals surface area contributed by atoms with Crippen LogP contribution in [0.1, 0.15) is 18.2 Å². The molecule has 120 valence electrons. The number of fused-ring (bicyclic) bond motifs is 1. The Morgan fingerprint density at radius 2 is 2.30 bits per heavy atom. The minimum Gasteiger partial charge on any atom is -0.390 e. The normalized spacial score (nSPS) is 23.8. The smallest absolute Gasteiger partial charge is 0.330 e. The number of nitrogens with zero attached hydrogens (tertiary/aromatic N) is 4. The Labute approximate surface area is 129 Å². The van der Waals surface area contributed by atoms with Crippen LogP contribution < -0.4 is 11.2 Å². The molecule has 0 unspecified atom stereocenters. The van der Waals surface area contributed by atoms with Gasteiger partial charge in [0.25, 0.3) is 5.56 Å². The van der Waals surface area contributed by atoms with Crippen LogP contribution in [0.3, 0.4) is 0 Å². The predicted molar refractivity (Wildman–Crippen MR) is 82.1 cm³/mol. The number of ether oxygens (including phenoxy) is 1. The van der Waals surface area contributed by atoms with Gasteiger partial charge in [0.2, 0.25) is 0 Å². The third kappa shape index (κ3) is 2.72. The average Bonchev–Trinajstić information content (AvgIpc) is 2.86. The topological polar surface area (TPSA) is 133 Å². The molecule has 1 aliphatic rings. The average molecular weight is 317 g/mol. The number of aliphatic hydroxyl groups is 1. The second-order valence-electron chi connectivity index (χ2n) is 5.50. The first kappa shape index (κ1) is 15.3. The maximum Gasteiger partial charge on any atom is 0.330 e. The summed E-state index contributed by atoms with van der Waals surface area (Å²) in [6, 6.07) is 5.16. The molecule has 23 heavy (non-hydrogen) atoms. The van der Waals surface area contributed by atoms with Crippen LogP contribution in [-0.2, 0) is 4.74 Å². The highest BCUT2D eigenvalue weighted by atomic mass is 16.5. The van der Waals surface area contributed by atoms with Crippen LogP contribution in [0.2, 0.25) is 0 Å². The molecule has 1 aromatic carbocycles. The second kappa shape index (κ2) is 5.88. The highest BCUT2D eigenvalue weighted by Crippen LogP contribution is 2.29. The van der Waals surface area contributed by atoms with Crippen molar-refractivity contribution in [2.24, 2.45) is 5.11 Å². The Hall–Kier alpha value is -2.61. The molecular formula is C14H15N5O4. The number of hydrogen-bond donors (Lipinski definition) is 2. The second-order valence-corrected chi connectivity index (χ2v) is 5.50. The van der Waals surface area contributed by atoms with Gasteiger partial charge in [0.05, 0.1) is 29.7 Å². The van der Waals surface area contributed by atoms with E-state index >= 15 is 0 Å². The van der Waals surface area contributed by atoms with Crippen molar-refractivity contribution in [2.75, 3.05) is 6.54 Å².